The molecule has 0 aliphatic carbocycles. The standard InChI is InChI=1S/C23H21O2P/c1-18(24)23(19(2)25)26(20-12-6-3-7-13-20,21-14-8-4-9-15-21)22-16-10-5-11-17-22/h3-17,23H,1H2,2H3. The van der Waals surface area contributed by atoms with Gasteiger partial charge in [-0.2, -0.15) is 0 Å². The minimum atomic E-state index is -2.54. The Labute approximate surface area is 155 Å². The van der Waals surface area contributed by atoms with Crippen LogP contribution in [0.3, 0.4) is 0 Å². The molecule has 0 N–H and O–H groups in total. The van der Waals surface area contributed by atoms with Crippen molar-refractivity contribution in [3.05, 3.63) is 103 Å². The van der Waals surface area contributed by atoms with E-state index in [9.17, 15) is 9.90 Å². The third-order valence-corrected chi connectivity index (χ3v) is 9.33. The Balaban J connectivity index is 2.47. The van der Waals surface area contributed by atoms with Gasteiger partial charge in [-0.25, -0.2) is 0 Å². The van der Waals surface area contributed by atoms with Gasteiger partial charge in [-0.1, -0.05) is 60.4 Å². The highest BCUT2D eigenvalue weighted by atomic mass is 31.2. The Morgan fingerprint density at radius 3 is 1.31 bits per heavy atom. The van der Waals surface area contributed by atoms with Crippen molar-refractivity contribution < 1.29 is 9.90 Å². The molecule has 1 unspecified atom stereocenters. The van der Waals surface area contributed by atoms with E-state index in [1.807, 2.05) is 91.0 Å². The van der Waals surface area contributed by atoms with Gasteiger partial charge in [-0.3, -0.25) is 4.79 Å². The van der Waals surface area contributed by atoms with Crippen molar-refractivity contribution in [1.82, 2.24) is 0 Å². The Hall–Kier alpha value is -2.70. The fourth-order valence-corrected chi connectivity index (χ4v) is 8.29. The fourth-order valence-electron chi connectivity index (χ4n) is 3.60. The molecule has 0 bridgehead atoms. The number of benzene rings is 3. The lowest BCUT2D eigenvalue weighted by Crippen LogP contribution is -2.44. The minimum absolute atomic E-state index is 0.144. The maximum Gasteiger partial charge on any atom is 0.174 e. The van der Waals surface area contributed by atoms with Crippen LogP contribution in [0.2, 0.25) is 0 Å². The molecule has 2 nitrogen and oxygen atoms in total. The lowest BCUT2D eigenvalue weighted by molar-refractivity contribution is -0.303. The summed E-state index contributed by atoms with van der Waals surface area (Å²) in [6.45, 7) is 5.17. The summed E-state index contributed by atoms with van der Waals surface area (Å²) >= 11 is 0. The minimum Gasteiger partial charge on any atom is -0.873 e. The van der Waals surface area contributed by atoms with Gasteiger partial charge in [-0.05, 0) is 43.3 Å². The molecule has 3 aromatic carbocycles. The van der Waals surface area contributed by atoms with Gasteiger partial charge >= 0.3 is 0 Å². The summed E-state index contributed by atoms with van der Waals surface area (Å²) in [5.74, 6) is -0.475. The summed E-state index contributed by atoms with van der Waals surface area (Å²) in [4.78, 5) is 12.7. The summed E-state index contributed by atoms with van der Waals surface area (Å²) < 4.78 is 0. The maximum absolute atomic E-state index is 12.7. The molecule has 0 aliphatic heterocycles. The Morgan fingerprint density at radius 1 is 0.769 bits per heavy atom. The van der Waals surface area contributed by atoms with E-state index in [4.69, 9.17) is 0 Å². The molecule has 0 aliphatic rings. The summed E-state index contributed by atoms with van der Waals surface area (Å²) in [6, 6.07) is 29.7. The normalized spacial score (nSPS) is 12.3. The van der Waals surface area contributed by atoms with Gasteiger partial charge in [-0.15, -0.1) is 6.58 Å². The summed E-state index contributed by atoms with van der Waals surface area (Å²) in [7, 11) is -2.54. The van der Waals surface area contributed by atoms with E-state index in [-0.39, 0.29) is 11.5 Å². The Kier molecular flexibility index (Phi) is 5.35. The molecule has 0 radical (unpaired) electrons. The van der Waals surface area contributed by atoms with Crippen LogP contribution < -0.4 is 21.0 Å². The predicted molar refractivity (Wildman–Crippen MR) is 109 cm³/mol. The van der Waals surface area contributed by atoms with Crippen molar-refractivity contribution in [1.29, 1.82) is 0 Å². The molecule has 26 heavy (non-hydrogen) atoms. The topological polar surface area (TPSA) is 40.1 Å². The smallest absolute Gasteiger partial charge is 0.174 e. The predicted octanol–water partition coefficient (Wildman–Crippen LogP) is 2.81. The number of hydrogen-bond donors (Lipinski definition) is 0. The molecule has 3 aromatic rings. The maximum atomic E-state index is 12.7. The number of hydrogen-bond acceptors (Lipinski definition) is 2. The van der Waals surface area contributed by atoms with Crippen molar-refractivity contribution in [2.75, 3.05) is 0 Å². The van der Waals surface area contributed by atoms with Gasteiger partial charge in [0.1, 0.15) is 23.2 Å². The van der Waals surface area contributed by atoms with Crippen LogP contribution in [-0.4, -0.2) is 11.4 Å². The SMILES string of the molecule is C=C([O-])C(C(C)=O)[P+](c1ccccc1)(c1ccccc1)c1ccccc1. The number of Topliss-reactive ketones (excluding diaryl/α,β-unsaturated/α-hetero) is 1. The zero-order valence-corrected chi connectivity index (χ0v) is 15.6. The van der Waals surface area contributed by atoms with E-state index >= 15 is 0 Å². The number of allylic oxidation sites excluding steroid dienone is 1. The second-order valence-electron chi connectivity index (χ2n) is 6.21. The van der Waals surface area contributed by atoms with E-state index in [1.54, 1.807) is 0 Å². The first-order valence-electron chi connectivity index (χ1n) is 8.50. The molecular formula is C23H21O2P. The summed E-state index contributed by atoms with van der Waals surface area (Å²) in [5, 5.41) is 15.7. The average molecular weight is 360 g/mol. The van der Waals surface area contributed by atoms with Crippen LogP contribution in [-0.2, 0) is 4.79 Å². The Bertz CT molecular complexity index is 779. The van der Waals surface area contributed by atoms with Crippen molar-refractivity contribution in [2.45, 2.75) is 12.6 Å². The summed E-state index contributed by atoms with van der Waals surface area (Å²) in [6.07, 6.45) is 0. The molecular weight excluding hydrogens is 339 g/mol. The lowest BCUT2D eigenvalue weighted by atomic mass is 10.3. The molecule has 0 saturated heterocycles. The second-order valence-corrected chi connectivity index (χ2v) is 9.72. The van der Waals surface area contributed by atoms with Crippen LogP contribution >= 0.6 is 7.26 Å². The molecule has 0 aromatic heterocycles. The van der Waals surface area contributed by atoms with Crippen molar-refractivity contribution >= 4 is 29.0 Å². The van der Waals surface area contributed by atoms with Crippen LogP contribution in [0.25, 0.3) is 0 Å². The molecule has 0 saturated carbocycles. The van der Waals surface area contributed by atoms with Crippen molar-refractivity contribution in [2.24, 2.45) is 0 Å². The van der Waals surface area contributed by atoms with Gasteiger partial charge in [0.2, 0.25) is 0 Å². The van der Waals surface area contributed by atoms with E-state index in [1.165, 1.54) is 6.92 Å². The van der Waals surface area contributed by atoms with Crippen molar-refractivity contribution in [3.63, 3.8) is 0 Å². The largest absolute Gasteiger partial charge is 0.873 e. The van der Waals surface area contributed by atoms with Crippen LogP contribution in [0.15, 0.2) is 103 Å². The quantitative estimate of drug-likeness (QED) is 0.501. The molecule has 0 fully saturated rings. The first kappa shape index (κ1) is 18.1. The lowest BCUT2D eigenvalue weighted by Gasteiger charge is -2.36. The highest BCUT2D eigenvalue weighted by Crippen LogP contribution is 2.61. The van der Waals surface area contributed by atoms with E-state index < -0.39 is 12.9 Å². The number of ketones is 1. The molecule has 0 spiro atoms. The number of carbonyl (C=O) groups excluding carboxylic acids is 1. The third kappa shape index (κ3) is 3.09. The van der Waals surface area contributed by atoms with Gasteiger partial charge in [0.05, 0.1) is 0 Å². The first-order chi connectivity index (χ1) is 12.6. The molecule has 1 atom stereocenters. The second kappa shape index (κ2) is 7.68. The molecule has 3 heteroatoms. The average Bonchev–Trinajstić information content (AvgIpc) is 2.67. The van der Waals surface area contributed by atoms with Gasteiger partial charge in [0.25, 0.3) is 0 Å². The third-order valence-electron chi connectivity index (χ3n) is 4.57. The van der Waals surface area contributed by atoms with E-state index in [0.29, 0.717) is 0 Å². The van der Waals surface area contributed by atoms with Crippen LogP contribution in [0.1, 0.15) is 6.92 Å². The van der Waals surface area contributed by atoms with Crippen LogP contribution in [0.4, 0.5) is 0 Å². The molecule has 0 heterocycles. The van der Waals surface area contributed by atoms with E-state index in [0.717, 1.165) is 15.9 Å². The zero-order valence-electron chi connectivity index (χ0n) is 14.7. The van der Waals surface area contributed by atoms with Crippen molar-refractivity contribution in [3.8, 4) is 0 Å². The molecule has 3 rings (SSSR count). The van der Waals surface area contributed by atoms with Gasteiger partial charge in [0, 0.05) is 0 Å². The van der Waals surface area contributed by atoms with Gasteiger partial charge in [0.15, 0.2) is 11.4 Å². The van der Waals surface area contributed by atoms with Crippen LogP contribution in [0.5, 0.6) is 0 Å². The Morgan fingerprint density at radius 2 is 1.08 bits per heavy atom. The molecule has 130 valence electrons. The highest BCUT2D eigenvalue weighted by Gasteiger charge is 2.53. The monoisotopic (exact) mass is 360 g/mol. The molecule has 0 amide bonds. The first-order valence-corrected chi connectivity index (χ1v) is 10.4. The zero-order chi connectivity index (χ0) is 18.6. The van der Waals surface area contributed by atoms with Crippen LogP contribution in [0, 0.1) is 0 Å². The number of carbonyl (C=O) groups is 1. The van der Waals surface area contributed by atoms with Gasteiger partial charge < -0.3 is 5.11 Å². The highest BCUT2D eigenvalue weighted by molar-refractivity contribution is 7.97. The fraction of sp³-hybridized carbons (Fsp3) is 0.0870. The summed E-state index contributed by atoms with van der Waals surface area (Å²) in [5.41, 5.74) is -0.797. The van der Waals surface area contributed by atoms with E-state index in [2.05, 4.69) is 6.58 Å². The number of rotatable bonds is 6.